The maximum absolute atomic E-state index is 7.00. The van der Waals surface area contributed by atoms with Crippen molar-refractivity contribution in [2.75, 3.05) is 5.73 Å². The summed E-state index contributed by atoms with van der Waals surface area (Å²) in [6, 6.07) is 6.05. The third-order valence-corrected chi connectivity index (χ3v) is 1.28. The predicted molar refractivity (Wildman–Crippen MR) is 47.3 cm³/mol. The molecule has 0 aromatic carbocycles. The molecule has 2 aliphatic carbocycles. The molecule has 0 atom stereocenters. The van der Waals surface area contributed by atoms with Gasteiger partial charge in [-0.1, -0.05) is 6.07 Å². The number of nitrogens with two attached hydrogens (primary N) is 1. The number of benzene rings is 1. The summed E-state index contributed by atoms with van der Waals surface area (Å²) in [6.45, 7) is 0. The highest BCUT2D eigenvalue weighted by Crippen LogP contribution is 2.39. The molecule has 0 amide bonds. The minimum absolute atomic E-state index is 0. The number of nitrogen functional groups attached to an aromatic ring is 1. The Morgan fingerprint density at radius 2 is 1.82 bits per heavy atom. The van der Waals surface area contributed by atoms with Crippen LogP contribution in [0.1, 0.15) is 0 Å². The van der Waals surface area contributed by atoms with Gasteiger partial charge in [0.25, 0.3) is 0 Å². The van der Waals surface area contributed by atoms with Crippen LogP contribution in [0.5, 0.6) is 0 Å². The Bertz CT molecular complexity index is 244. The van der Waals surface area contributed by atoms with Crippen molar-refractivity contribution in [1.82, 2.24) is 0 Å². The molecule has 0 aromatic heterocycles. The van der Waals surface area contributed by atoms with E-state index in [0.29, 0.717) is 0 Å². The molecule has 0 saturated carbocycles. The Hall–Kier alpha value is -0.705. The Morgan fingerprint density at radius 3 is 1.91 bits per heavy atom. The van der Waals surface area contributed by atoms with Gasteiger partial charge in [-0.2, -0.15) is 0 Å². The van der Waals surface area contributed by atoms with E-state index >= 15 is 0 Å². The van der Waals surface area contributed by atoms with Crippen molar-refractivity contribution in [3.8, 4) is 11.1 Å². The van der Waals surface area contributed by atoms with Crippen LogP contribution in [0.15, 0.2) is 18.2 Å². The summed E-state index contributed by atoms with van der Waals surface area (Å²) in [6.07, 6.45) is 0. The molecule has 2 rings (SSSR count). The highest BCUT2D eigenvalue weighted by Gasteiger charge is 2.13. The van der Waals surface area contributed by atoms with Crippen LogP contribution >= 0.6 is 12.4 Å². The molecular formula is C6H8BClNO2. The van der Waals surface area contributed by atoms with Gasteiger partial charge in [0.1, 0.15) is 0 Å². The second-order valence-electron chi connectivity index (χ2n) is 1.92. The van der Waals surface area contributed by atoms with Gasteiger partial charge >= 0.3 is 7.69 Å². The predicted octanol–water partition coefficient (Wildman–Crippen LogP) is 0.176. The second kappa shape index (κ2) is 4.23. The lowest BCUT2D eigenvalue weighted by Gasteiger charge is -1.74. The fraction of sp³-hybridized carbons (Fsp3) is 0. The smallest absolute Gasteiger partial charge is 0.429 e. The van der Waals surface area contributed by atoms with E-state index < -0.39 is 0 Å². The van der Waals surface area contributed by atoms with Gasteiger partial charge in [0.2, 0.25) is 0 Å². The van der Waals surface area contributed by atoms with Gasteiger partial charge < -0.3 is 15.8 Å². The SMILES string of the molecule is Cl.Nc1ccc2cc1-2.O[B]O. The Morgan fingerprint density at radius 1 is 1.27 bits per heavy atom. The van der Waals surface area contributed by atoms with Crippen molar-refractivity contribution >= 4 is 25.8 Å². The van der Waals surface area contributed by atoms with Crippen LogP contribution in [0.25, 0.3) is 11.1 Å². The van der Waals surface area contributed by atoms with Crippen molar-refractivity contribution < 1.29 is 10.0 Å². The largest absolute Gasteiger partial charge is 0.482 e. The van der Waals surface area contributed by atoms with Crippen molar-refractivity contribution in [3.63, 3.8) is 0 Å². The lowest BCUT2D eigenvalue weighted by Crippen LogP contribution is -1.75. The van der Waals surface area contributed by atoms with Gasteiger partial charge in [-0.3, -0.25) is 0 Å². The quantitative estimate of drug-likeness (QED) is 0.392. The van der Waals surface area contributed by atoms with E-state index in [1.165, 1.54) is 11.1 Å². The first kappa shape index (κ1) is 10.3. The van der Waals surface area contributed by atoms with Crippen molar-refractivity contribution in [3.05, 3.63) is 18.2 Å². The average molecular weight is 172 g/mol. The van der Waals surface area contributed by atoms with E-state index in [4.69, 9.17) is 15.8 Å². The fourth-order valence-electron chi connectivity index (χ4n) is 0.777. The van der Waals surface area contributed by atoms with Gasteiger partial charge in [0.15, 0.2) is 0 Å². The Labute approximate surface area is 71.6 Å². The maximum atomic E-state index is 7.00. The van der Waals surface area contributed by atoms with Gasteiger partial charge in [0, 0.05) is 11.3 Å². The van der Waals surface area contributed by atoms with Crippen LogP contribution in [0.2, 0.25) is 0 Å². The molecule has 0 fully saturated rings. The van der Waals surface area contributed by atoms with Crippen LogP contribution in [0.3, 0.4) is 0 Å². The highest BCUT2D eigenvalue weighted by molar-refractivity contribution is 6.13. The highest BCUT2D eigenvalue weighted by atomic mass is 35.5. The lowest BCUT2D eigenvalue weighted by molar-refractivity contribution is 0.448. The molecule has 0 unspecified atom stereocenters. The van der Waals surface area contributed by atoms with Gasteiger partial charge in [-0.25, -0.2) is 0 Å². The van der Waals surface area contributed by atoms with Gasteiger partial charge in [0.05, 0.1) is 0 Å². The Balaban J connectivity index is 0.000000225. The standard InChI is InChI=1S/C6H5N.BH2O2.ClH/c7-6-2-1-4-3-5(4)6;2-1-3;/h1-3H,7H2;2-3H;1H. The Kier molecular flexibility index (Phi) is 3.96. The summed E-state index contributed by atoms with van der Waals surface area (Å²) in [5.74, 6) is 0. The molecule has 59 valence electrons. The summed E-state index contributed by atoms with van der Waals surface area (Å²) < 4.78 is 0. The van der Waals surface area contributed by atoms with E-state index in [9.17, 15) is 0 Å². The van der Waals surface area contributed by atoms with Crippen LogP contribution in [0, 0.1) is 0 Å². The lowest BCUT2D eigenvalue weighted by atomic mass is 10.5. The first-order chi connectivity index (χ1) is 4.79. The number of fused-ring (bicyclic) bond motifs is 1. The second-order valence-corrected chi connectivity index (χ2v) is 1.92. The molecule has 0 bridgehead atoms. The van der Waals surface area contributed by atoms with E-state index in [1.807, 2.05) is 12.1 Å². The molecule has 1 radical (unpaired) electrons. The fourth-order valence-corrected chi connectivity index (χ4v) is 0.777. The third-order valence-electron chi connectivity index (χ3n) is 1.28. The zero-order chi connectivity index (χ0) is 7.56. The van der Waals surface area contributed by atoms with Crippen LogP contribution in [-0.4, -0.2) is 17.7 Å². The summed E-state index contributed by atoms with van der Waals surface area (Å²) in [7, 11) is 0. The summed E-state index contributed by atoms with van der Waals surface area (Å²) >= 11 is 0. The molecule has 4 N–H and O–H groups in total. The van der Waals surface area contributed by atoms with Crippen LogP contribution in [-0.2, 0) is 0 Å². The van der Waals surface area contributed by atoms with Crippen LogP contribution in [0.4, 0.5) is 5.69 Å². The minimum Gasteiger partial charge on any atom is -0.429 e. The van der Waals surface area contributed by atoms with Crippen LogP contribution < -0.4 is 5.73 Å². The normalized spacial score (nSPS) is 8.55. The van der Waals surface area contributed by atoms with E-state index in [2.05, 4.69) is 6.07 Å². The molecule has 5 heteroatoms. The number of hydrogen-bond acceptors (Lipinski definition) is 3. The molecule has 0 spiro atoms. The van der Waals surface area contributed by atoms with Gasteiger partial charge in [-0.05, 0) is 17.7 Å². The number of rotatable bonds is 0. The number of anilines is 1. The maximum Gasteiger partial charge on any atom is 0.482 e. The molecule has 0 aromatic rings. The summed E-state index contributed by atoms with van der Waals surface area (Å²) in [5.41, 5.74) is 8.95. The zero-order valence-corrected chi connectivity index (χ0v) is 6.51. The van der Waals surface area contributed by atoms with Crippen molar-refractivity contribution in [2.45, 2.75) is 0 Å². The molecule has 11 heavy (non-hydrogen) atoms. The van der Waals surface area contributed by atoms with Crippen molar-refractivity contribution in [1.29, 1.82) is 0 Å². The average Bonchev–Trinajstić information content (AvgIpc) is 2.57. The molecular weight excluding hydrogens is 164 g/mol. The monoisotopic (exact) mass is 172 g/mol. The first-order valence-corrected chi connectivity index (χ1v) is 2.79. The third kappa shape index (κ3) is 2.42. The van der Waals surface area contributed by atoms with E-state index in [0.717, 1.165) is 5.69 Å². The van der Waals surface area contributed by atoms with Gasteiger partial charge in [-0.15, -0.1) is 12.4 Å². The molecule has 3 nitrogen and oxygen atoms in total. The van der Waals surface area contributed by atoms with E-state index in [-0.39, 0.29) is 20.1 Å². The molecule has 2 aliphatic rings. The molecule has 0 saturated heterocycles. The number of halogens is 1. The van der Waals surface area contributed by atoms with Crippen molar-refractivity contribution in [2.24, 2.45) is 0 Å². The van der Waals surface area contributed by atoms with E-state index in [1.54, 1.807) is 0 Å². The first-order valence-electron chi connectivity index (χ1n) is 2.79. The summed E-state index contributed by atoms with van der Waals surface area (Å²) in [4.78, 5) is 0. The number of hydrogen-bond donors (Lipinski definition) is 3. The minimum atomic E-state index is 0. The molecule has 0 aliphatic heterocycles. The zero-order valence-electron chi connectivity index (χ0n) is 5.69. The molecule has 0 heterocycles. The topological polar surface area (TPSA) is 66.5 Å². The summed E-state index contributed by atoms with van der Waals surface area (Å²) in [5, 5.41) is 14.0.